The number of rotatable bonds is 2. The first-order valence-electron chi connectivity index (χ1n) is 8.23. The third-order valence-electron chi connectivity index (χ3n) is 4.90. The number of esters is 1. The summed E-state index contributed by atoms with van der Waals surface area (Å²) in [7, 11) is 0. The molecular weight excluding hydrogens is 332 g/mol. The zero-order valence-electron chi connectivity index (χ0n) is 13.8. The maximum absolute atomic E-state index is 12.7. The Hall–Kier alpha value is -2.58. The van der Waals surface area contributed by atoms with Gasteiger partial charge in [0, 0.05) is 5.02 Å². The first kappa shape index (κ1) is 15.9. The van der Waals surface area contributed by atoms with E-state index in [2.05, 4.69) is 12.1 Å². The van der Waals surface area contributed by atoms with E-state index in [-0.39, 0.29) is 11.9 Å². The van der Waals surface area contributed by atoms with Gasteiger partial charge in [-0.25, -0.2) is 4.79 Å². The standard InChI is InChI=1S/C22H17ClO2/c1-22(16-11-13-17(23)14-12-16)20(15-7-3-2-4-8-15)18-9-5-6-10-19(18)21(24)25-22/h2-14,20H,1H3. The molecule has 0 saturated heterocycles. The molecule has 0 aromatic heterocycles. The largest absolute Gasteiger partial charge is 0.450 e. The molecule has 3 aromatic carbocycles. The van der Waals surface area contributed by atoms with Gasteiger partial charge < -0.3 is 4.74 Å². The molecule has 0 fully saturated rings. The maximum atomic E-state index is 12.7. The summed E-state index contributed by atoms with van der Waals surface area (Å²) in [6, 6.07) is 25.4. The molecule has 0 saturated carbocycles. The quantitative estimate of drug-likeness (QED) is 0.567. The van der Waals surface area contributed by atoms with Crippen LogP contribution in [0.4, 0.5) is 0 Å². The second-order valence-electron chi connectivity index (χ2n) is 6.43. The van der Waals surface area contributed by atoms with Crippen LogP contribution >= 0.6 is 11.6 Å². The number of carbonyl (C=O) groups excluding carboxylic acids is 1. The third kappa shape index (κ3) is 2.63. The van der Waals surface area contributed by atoms with Crippen LogP contribution in [0.5, 0.6) is 0 Å². The van der Waals surface area contributed by atoms with Crippen molar-refractivity contribution in [1.29, 1.82) is 0 Å². The average molecular weight is 349 g/mol. The Labute approximate surface area is 152 Å². The monoisotopic (exact) mass is 348 g/mol. The molecule has 0 radical (unpaired) electrons. The lowest BCUT2D eigenvalue weighted by molar-refractivity contribution is -0.0275. The highest BCUT2D eigenvalue weighted by Gasteiger charge is 2.46. The minimum absolute atomic E-state index is 0.0937. The van der Waals surface area contributed by atoms with Crippen molar-refractivity contribution in [2.75, 3.05) is 0 Å². The summed E-state index contributed by atoms with van der Waals surface area (Å²) in [6.45, 7) is 1.97. The third-order valence-corrected chi connectivity index (χ3v) is 5.15. The van der Waals surface area contributed by atoms with Crippen LogP contribution in [0.3, 0.4) is 0 Å². The zero-order chi connectivity index (χ0) is 17.4. The number of ether oxygens (including phenoxy) is 1. The van der Waals surface area contributed by atoms with Gasteiger partial charge in [-0.05, 0) is 41.8 Å². The lowest BCUT2D eigenvalue weighted by atomic mass is 9.71. The van der Waals surface area contributed by atoms with Crippen LogP contribution in [0.25, 0.3) is 0 Å². The number of hydrogen-bond donors (Lipinski definition) is 0. The molecule has 0 aliphatic carbocycles. The van der Waals surface area contributed by atoms with E-state index >= 15 is 0 Å². The van der Waals surface area contributed by atoms with Gasteiger partial charge in [0.15, 0.2) is 0 Å². The number of carbonyl (C=O) groups is 1. The highest BCUT2D eigenvalue weighted by atomic mass is 35.5. The molecule has 3 aromatic rings. The molecule has 4 rings (SSSR count). The van der Waals surface area contributed by atoms with Gasteiger partial charge in [-0.1, -0.05) is 72.3 Å². The Morgan fingerprint density at radius 2 is 1.52 bits per heavy atom. The van der Waals surface area contributed by atoms with Crippen molar-refractivity contribution >= 4 is 17.6 Å². The molecule has 124 valence electrons. The molecule has 1 aliphatic heterocycles. The van der Waals surface area contributed by atoms with E-state index in [9.17, 15) is 4.79 Å². The van der Waals surface area contributed by atoms with Gasteiger partial charge in [-0.3, -0.25) is 0 Å². The topological polar surface area (TPSA) is 26.3 Å². The van der Waals surface area contributed by atoms with Crippen LogP contribution in [0.2, 0.25) is 5.02 Å². The van der Waals surface area contributed by atoms with Crippen molar-refractivity contribution < 1.29 is 9.53 Å². The second-order valence-corrected chi connectivity index (χ2v) is 6.87. The molecule has 1 aliphatic rings. The van der Waals surface area contributed by atoms with Crippen LogP contribution in [-0.2, 0) is 10.3 Å². The lowest BCUT2D eigenvalue weighted by Crippen LogP contribution is -2.41. The van der Waals surface area contributed by atoms with Crippen LogP contribution in [0.1, 0.15) is 39.9 Å². The molecular formula is C22H17ClO2. The van der Waals surface area contributed by atoms with Crippen LogP contribution in [0.15, 0.2) is 78.9 Å². The van der Waals surface area contributed by atoms with E-state index < -0.39 is 5.60 Å². The summed E-state index contributed by atoms with van der Waals surface area (Å²) in [6.07, 6.45) is 0. The second kappa shape index (κ2) is 6.05. The van der Waals surface area contributed by atoms with Gasteiger partial charge in [-0.2, -0.15) is 0 Å². The van der Waals surface area contributed by atoms with Crippen LogP contribution in [0, 0.1) is 0 Å². The Morgan fingerprint density at radius 3 is 2.24 bits per heavy atom. The van der Waals surface area contributed by atoms with E-state index in [4.69, 9.17) is 16.3 Å². The Balaban J connectivity index is 1.96. The first-order chi connectivity index (χ1) is 12.1. The Bertz CT molecular complexity index is 918. The predicted octanol–water partition coefficient (Wildman–Crippen LogP) is 5.56. The van der Waals surface area contributed by atoms with E-state index in [1.165, 1.54) is 0 Å². The molecule has 3 heteroatoms. The molecule has 0 spiro atoms. The van der Waals surface area contributed by atoms with Gasteiger partial charge in [0.2, 0.25) is 0 Å². The van der Waals surface area contributed by atoms with E-state index in [0.717, 1.165) is 16.7 Å². The number of halogens is 1. The van der Waals surface area contributed by atoms with Gasteiger partial charge in [-0.15, -0.1) is 0 Å². The van der Waals surface area contributed by atoms with Gasteiger partial charge >= 0.3 is 5.97 Å². The Kier molecular flexibility index (Phi) is 3.85. The first-order valence-corrected chi connectivity index (χ1v) is 8.60. The van der Waals surface area contributed by atoms with Crippen molar-refractivity contribution in [2.45, 2.75) is 18.4 Å². The van der Waals surface area contributed by atoms with Crippen molar-refractivity contribution in [3.63, 3.8) is 0 Å². The van der Waals surface area contributed by atoms with Crippen molar-refractivity contribution in [3.8, 4) is 0 Å². The van der Waals surface area contributed by atoms with Crippen molar-refractivity contribution in [3.05, 3.63) is 106 Å². The summed E-state index contributed by atoms with van der Waals surface area (Å²) < 4.78 is 6.01. The Morgan fingerprint density at radius 1 is 0.880 bits per heavy atom. The molecule has 0 amide bonds. The van der Waals surface area contributed by atoms with E-state index in [1.54, 1.807) is 0 Å². The SMILES string of the molecule is CC1(c2ccc(Cl)cc2)OC(=O)c2ccccc2C1c1ccccc1. The minimum Gasteiger partial charge on any atom is -0.450 e. The summed E-state index contributed by atoms with van der Waals surface area (Å²) in [4.78, 5) is 12.7. The highest BCUT2D eigenvalue weighted by Crippen LogP contribution is 2.49. The van der Waals surface area contributed by atoms with Crippen molar-refractivity contribution in [1.82, 2.24) is 0 Å². The molecule has 25 heavy (non-hydrogen) atoms. The normalized spacial score (nSPS) is 22.2. The van der Waals surface area contributed by atoms with Gasteiger partial charge in [0.05, 0.1) is 11.5 Å². The molecule has 0 N–H and O–H groups in total. The number of hydrogen-bond acceptors (Lipinski definition) is 2. The fraction of sp³-hybridized carbons (Fsp3) is 0.136. The number of fused-ring (bicyclic) bond motifs is 1. The fourth-order valence-corrected chi connectivity index (χ4v) is 3.81. The molecule has 0 bridgehead atoms. The van der Waals surface area contributed by atoms with Crippen molar-refractivity contribution in [2.24, 2.45) is 0 Å². The molecule has 2 atom stereocenters. The smallest absolute Gasteiger partial charge is 0.339 e. The molecule has 2 unspecified atom stereocenters. The highest BCUT2D eigenvalue weighted by molar-refractivity contribution is 6.30. The van der Waals surface area contributed by atoms with Gasteiger partial charge in [0.25, 0.3) is 0 Å². The minimum atomic E-state index is -0.808. The lowest BCUT2D eigenvalue weighted by Gasteiger charge is -2.42. The zero-order valence-corrected chi connectivity index (χ0v) is 14.5. The summed E-state index contributed by atoms with van der Waals surface area (Å²) in [5.41, 5.74) is 2.84. The summed E-state index contributed by atoms with van der Waals surface area (Å²) in [5.74, 6) is -0.385. The number of cyclic esters (lactones) is 1. The van der Waals surface area contributed by atoms with E-state index in [1.807, 2.05) is 73.7 Å². The molecule has 2 nitrogen and oxygen atoms in total. The summed E-state index contributed by atoms with van der Waals surface area (Å²) >= 11 is 6.05. The maximum Gasteiger partial charge on any atom is 0.339 e. The predicted molar refractivity (Wildman–Crippen MR) is 98.9 cm³/mol. The molecule has 1 heterocycles. The fourth-order valence-electron chi connectivity index (χ4n) is 3.69. The van der Waals surface area contributed by atoms with Gasteiger partial charge in [0.1, 0.15) is 5.60 Å². The average Bonchev–Trinajstić information content (AvgIpc) is 2.63. The number of benzene rings is 3. The summed E-state index contributed by atoms with van der Waals surface area (Å²) in [5, 5.41) is 0.658. The van der Waals surface area contributed by atoms with Crippen LogP contribution in [-0.4, -0.2) is 5.97 Å². The van der Waals surface area contributed by atoms with Crippen LogP contribution < -0.4 is 0 Å². The van der Waals surface area contributed by atoms with E-state index in [0.29, 0.717) is 10.6 Å².